The summed E-state index contributed by atoms with van der Waals surface area (Å²) in [5.74, 6) is 0.138. The maximum Gasteiger partial charge on any atom is 0.290 e. The summed E-state index contributed by atoms with van der Waals surface area (Å²) in [6.07, 6.45) is 3.71. The molecular weight excluding hydrogens is 334 g/mol. The SMILES string of the molecule is CN(C)CCCNC(=O)c1nc(C(=O)N2CCOCC2)n2c1CCCC2. The van der Waals surface area contributed by atoms with Gasteiger partial charge in [0.25, 0.3) is 11.8 Å². The number of nitrogens with one attached hydrogen (secondary N) is 1. The zero-order valence-electron chi connectivity index (χ0n) is 15.8. The maximum absolute atomic E-state index is 12.9. The number of amides is 2. The molecule has 144 valence electrons. The highest BCUT2D eigenvalue weighted by atomic mass is 16.5. The molecule has 1 N–H and O–H groups in total. The maximum atomic E-state index is 12.9. The zero-order chi connectivity index (χ0) is 18.5. The molecule has 1 aromatic rings. The van der Waals surface area contributed by atoms with E-state index < -0.39 is 0 Å². The van der Waals surface area contributed by atoms with Gasteiger partial charge in [0.15, 0.2) is 5.82 Å². The summed E-state index contributed by atoms with van der Waals surface area (Å²) in [6, 6.07) is 0. The Balaban J connectivity index is 1.74. The van der Waals surface area contributed by atoms with Crippen LogP contribution in [0.25, 0.3) is 0 Å². The smallest absolute Gasteiger partial charge is 0.290 e. The lowest BCUT2D eigenvalue weighted by Crippen LogP contribution is -2.42. The third kappa shape index (κ3) is 4.24. The molecular formula is C18H29N5O3. The Morgan fingerprint density at radius 1 is 1.19 bits per heavy atom. The first-order valence-electron chi connectivity index (χ1n) is 9.47. The van der Waals surface area contributed by atoms with Gasteiger partial charge in [0.05, 0.1) is 18.9 Å². The summed E-state index contributed by atoms with van der Waals surface area (Å²) in [5, 5.41) is 2.95. The summed E-state index contributed by atoms with van der Waals surface area (Å²) in [6.45, 7) is 4.54. The van der Waals surface area contributed by atoms with Crippen LogP contribution < -0.4 is 5.32 Å². The quantitative estimate of drug-likeness (QED) is 0.739. The predicted octanol–water partition coefficient (Wildman–Crippen LogP) is 0.373. The average Bonchev–Trinajstić information content (AvgIpc) is 3.05. The van der Waals surface area contributed by atoms with Crippen LogP contribution in [0, 0.1) is 0 Å². The van der Waals surface area contributed by atoms with Gasteiger partial charge in [-0.15, -0.1) is 0 Å². The molecule has 0 saturated carbocycles. The normalized spacial score (nSPS) is 17.3. The van der Waals surface area contributed by atoms with Crippen LogP contribution >= 0.6 is 0 Å². The van der Waals surface area contributed by atoms with Gasteiger partial charge in [-0.25, -0.2) is 4.98 Å². The summed E-state index contributed by atoms with van der Waals surface area (Å²) >= 11 is 0. The van der Waals surface area contributed by atoms with Crippen molar-refractivity contribution in [3.63, 3.8) is 0 Å². The van der Waals surface area contributed by atoms with Crippen LogP contribution in [0.1, 0.15) is 46.1 Å². The van der Waals surface area contributed by atoms with Crippen LogP contribution in [0.15, 0.2) is 0 Å². The number of hydrogen-bond acceptors (Lipinski definition) is 5. The Labute approximate surface area is 154 Å². The summed E-state index contributed by atoms with van der Waals surface area (Å²) in [4.78, 5) is 33.9. The zero-order valence-corrected chi connectivity index (χ0v) is 15.8. The second-order valence-electron chi connectivity index (χ2n) is 7.16. The molecule has 0 spiro atoms. The van der Waals surface area contributed by atoms with Crippen molar-refractivity contribution < 1.29 is 14.3 Å². The van der Waals surface area contributed by atoms with Crippen LogP contribution in [-0.4, -0.2) is 84.7 Å². The molecule has 8 nitrogen and oxygen atoms in total. The average molecular weight is 363 g/mol. The van der Waals surface area contributed by atoms with Gasteiger partial charge in [-0.05, 0) is 46.3 Å². The van der Waals surface area contributed by atoms with Crippen LogP contribution in [0.2, 0.25) is 0 Å². The number of morpholine rings is 1. The molecule has 2 amide bonds. The minimum atomic E-state index is -0.171. The Kier molecular flexibility index (Phi) is 6.26. The highest BCUT2D eigenvalue weighted by molar-refractivity contribution is 5.97. The largest absolute Gasteiger partial charge is 0.378 e. The fraction of sp³-hybridized carbons (Fsp3) is 0.722. The first-order valence-corrected chi connectivity index (χ1v) is 9.47. The van der Waals surface area contributed by atoms with E-state index in [9.17, 15) is 9.59 Å². The molecule has 0 unspecified atom stereocenters. The number of carbonyl (C=O) groups is 2. The van der Waals surface area contributed by atoms with Gasteiger partial charge in [-0.3, -0.25) is 9.59 Å². The lowest BCUT2D eigenvalue weighted by Gasteiger charge is -2.27. The van der Waals surface area contributed by atoms with E-state index >= 15 is 0 Å². The van der Waals surface area contributed by atoms with E-state index in [0.717, 1.165) is 44.5 Å². The second-order valence-corrected chi connectivity index (χ2v) is 7.16. The van der Waals surface area contributed by atoms with Crippen molar-refractivity contribution in [1.82, 2.24) is 24.7 Å². The Hall–Kier alpha value is -1.93. The van der Waals surface area contributed by atoms with Crippen LogP contribution in [0.4, 0.5) is 0 Å². The van der Waals surface area contributed by atoms with E-state index in [1.807, 2.05) is 18.7 Å². The molecule has 8 heteroatoms. The van der Waals surface area contributed by atoms with E-state index in [1.54, 1.807) is 4.90 Å². The van der Waals surface area contributed by atoms with Crippen molar-refractivity contribution in [2.24, 2.45) is 0 Å². The molecule has 0 radical (unpaired) electrons. The van der Waals surface area contributed by atoms with Crippen LogP contribution in [0.5, 0.6) is 0 Å². The molecule has 2 aliphatic rings. The predicted molar refractivity (Wildman–Crippen MR) is 97.4 cm³/mol. The summed E-state index contributed by atoms with van der Waals surface area (Å²) in [5.41, 5.74) is 1.32. The summed E-state index contributed by atoms with van der Waals surface area (Å²) in [7, 11) is 4.02. The molecule has 3 rings (SSSR count). The van der Waals surface area contributed by atoms with Gasteiger partial charge in [-0.2, -0.15) is 0 Å². The molecule has 0 aromatic carbocycles. The second kappa shape index (κ2) is 8.64. The number of fused-ring (bicyclic) bond motifs is 1. The number of aromatic nitrogens is 2. The molecule has 1 aromatic heterocycles. The first kappa shape index (κ1) is 18.8. The molecule has 1 saturated heterocycles. The van der Waals surface area contributed by atoms with Crippen molar-refractivity contribution in [2.75, 3.05) is 53.5 Å². The molecule has 2 aliphatic heterocycles. The fourth-order valence-electron chi connectivity index (χ4n) is 3.48. The topological polar surface area (TPSA) is 79.7 Å². The lowest BCUT2D eigenvalue weighted by molar-refractivity contribution is 0.0291. The molecule has 0 bridgehead atoms. The van der Waals surface area contributed by atoms with Crippen molar-refractivity contribution in [1.29, 1.82) is 0 Å². The minimum absolute atomic E-state index is 0.0943. The Morgan fingerprint density at radius 3 is 2.69 bits per heavy atom. The van der Waals surface area contributed by atoms with Crippen molar-refractivity contribution in [3.8, 4) is 0 Å². The Bertz CT molecular complexity index is 649. The van der Waals surface area contributed by atoms with Gasteiger partial charge in [0.2, 0.25) is 0 Å². The number of carbonyl (C=O) groups excluding carboxylic acids is 2. The van der Waals surface area contributed by atoms with E-state index in [1.165, 1.54) is 0 Å². The van der Waals surface area contributed by atoms with E-state index in [4.69, 9.17) is 4.74 Å². The number of hydrogen-bond donors (Lipinski definition) is 1. The molecule has 0 atom stereocenters. The third-order valence-electron chi connectivity index (χ3n) is 4.89. The van der Waals surface area contributed by atoms with E-state index in [0.29, 0.717) is 44.4 Å². The lowest BCUT2D eigenvalue weighted by atomic mass is 10.1. The Morgan fingerprint density at radius 2 is 1.96 bits per heavy atom. The number of nitrogens with zero attached hydrogens (tertiary/aromatic N) is 4. The van der Waals surface area contributed by atoms with E-state index in [2.05, 4.69) is 15.2 Å². The van der Waals surface area contributed by atoms with Gasteiger partial charge < -0.3 is 24.4 Å². The van der Waals surface area contributed by atoms with Crippen molar-refractivity contribution in [3.05, 3.63) is 17.2 Å². The number of imidazole rings is 1. The number of rotatable bonds is 6. The van der Waals surface area contributed by atoms with E-state index in [-0.39, 0.29) is 11.8 Å². The molecule has 1 fully saturated rings. The highest BCUT2D eigenvalue weighted by Crippen LogP contribution is 2.22. The highest BCUT2D eigenvalue weighted by Gasteiger charge is 2.30. The number of ether oxygens (including phenoxy) is 1. The standard InChI is InChI=1S/C18H29N5O3/c1-21(2)8-5-7-19-17(24)15-14-6-3-4-9-23(14)16(20-15)18(25)22-10-12-26-13-11-22/h3-13H2,1-2H3,(H,19,24). The van der Waals surface area contributed by atoms with Crippen LogP contribution in [0.3, 0.4) is 0 Å². The van der Waals surface area contributed by atoms with Gasteiger partial charge in [0.1, 0.15) is 5.69 Å². The molecule has 3 heterocycles. The summed E-state index contributed by atoms with van der Waals surface area (Å²) < 4.78 is 7.28. The van der Waals surface area contributed by atoms with Gasteiger partial charge in [-0.1, -0.05) is 0 Å². The third-order valence-corrected chi connectivity index (χ3v) is 4.89. The molecule has 26 heavy (non-hydrogen) atoms. The minimum Gasteiger partial charge on any atom is -0.378 e. The van der Waals surface area contributed by atoms with Crippen LogP contribution in [-0.2, 0) is 17.7 Å². The first-order chi connectivity index (χ1) is 12.6. The molecule has 0 aliphatic carbocycles. The van der Waals surface area contributed by atoms with Gasteiger partial charge in [0, 0.05) is 26.2 Å². The van der Waals surface area contributed by atoms with Crippen molar-refractivity contribution >= 4 is 11.8 Å². The fourth-order valence-corrected chi connectivity index (χ4v) is 3.48. The van der Waals surface area contributed by atoms with Gasteiger partial charge >= 0.3 is 0 Å². The monoisotopic (exact) mass is 363 g/mol. The van der Waals surface area contributed by atoms with Crippen molar-refractivity contribution in [2.45, 2.75) is 32.2 Å².